The Kier molecular flexibility index (Phi) is 4.62. The third-order valence-corrected chi connectivity index (χ3v) is 4.12. The van der Waals surface area contributed by atoms with E-state index in [-0.39, 0.29) is 5.91 Å². The molecule has 1 aliphatic rings. The van der Waals surface area contributed by atoms with Crippen LogP contribution in [0.3, 0.4) is 0 Å². The number of hydrogen-bond donors (Lipinski definition) is 2. The van der Waals surface area contributed by atoms with Gasteiger partial charge in [-0.25, -0.2) is 4.79 Å². The monoisotopic (exact) mass is 316 g/mol. The average molecular weight is 316 g/mol. The zero-order chi connectivity index (χ0) is 16.2. The zero-order valence-electron chi connectivity index (χ0n) is 13.0. The minimum absolute atomic E-state index is 0.252. The van der Waals surface area contributed by atoms with Crippen LogP contribution in [0.2, 0.25) is 0 Å². The molecule has 6 nitrogen and oxygen atoms in total. The van der Waals surface area contributed by atoms with E-state index >= 15 is 0 Å². The Labute approximate surface area is 134 Å². The lowest BCUT2D eigenvalue weighted by Gasteiger charge is -2.18. The first-order valence-electron chi connectivity index (χ1n) is 7.74. The number of hydrogen-bond acceptors (Lipinski definition) is 4. The Morgan fingerprint density at radius 2 is 2.26 bits per heavy atom. The molecule has 1 aliphatic heterocycles. The second kappa shape index (κ2) is 6.83. The summed E-state index contributed by atoms with van der Waals surface area (Å²) < 4.78 is 10.2. The van der Waals surface area contributed by atoms with E-state index in [4.69, 9.17) is 9.47 Å². The number of amides is 1. The van der Waals surface area contributed by atoms with Gasteiger partial charge in [-0.3, -0.25) is 4.79 Å². The van der Waals surface area contributed by atoms with Crippen molar-refractivity contribution in [2.24, 2.45) is 0 Å². The maximum atomic E-state index is 12.2. The van der Waals surface area contributed by atoms with Crippen LogP contribution in [-0.4, -0.2) is 42.7 Å². The molecule has 0 spiro atoms. The van der Waals surface area contributed by atoms with Crippen molar-refractivity contribution in [3.8, 4) is 0 Å². The van der Waals surface area contributed by atoms with Gasteiger partial charge in [-0.05, 0) is 24.5 Å². The Morgan fingerprint density at radius 1 is 1.43 bits per heavy atom. The number of nitrogens with one attached hydrogen (secondary N) is 2. The third kappa shape index (κ3) is 3.37. The van der Waals surface area contributed by atoms with Gasteiger partial charge in [0.05, 0.1) is 7.11 Å². The minimum atomic E-state index is -0.726. The smallest absolute Gasteiger partial charge is 0.328 e. The summed E-state index contributed by atoms with van der Waals surface area (Å²) in [4.78, 5) is 27.4. The van der Waals surface area contributed by atoms with Gasteiger partial charge in [-0.15, -0.1) is 0 Å². The summed E-state index contributed by atoms with van der Waals surface area (Å²) in [6.45, 7) is 0.587. The van der Waals surface area contributed by atoms with Crippen LogP contribution in [0.1, 0.15) is 18.4 Å². The highest BCUT2D eigenvalue weighted by molar-refractivity contribution is 5.88. The highest BCUT2D eigenvalue weighted by Gasteiger charge is 2.29. The van der Waals surface area contributed by atoms with Gasteiger partial charge in [0.1, 0.15) is 12.1 Å². The molecule has 2 N–H and O–H groups in total. The van der Waals surface area contributed by atoms with Crippen LogP contribution in [0.4, 0.5) is 0 Å². The molecule has 1 unspecified atom stereocenters. The molecule has 2 atom stereocenters. The number of carbonyl (C=O) groups excluding carboxylic acids is 2. The van der Waals surface area contributed by atoms with Crippen molar-refractivity contribution in [1.82, 2.24) is 10.3 Å². The molecule has 122 valence electrons. The van der Waals surface area contributed by atoms with E-state index in [9.17, 15) is 9.59 Å². The molecule has 0 radical (unpaired) electrons. The van der Waals surface area contributed by atoms with E-state index in [1.54, 1.807) is 0 Å². The second-order valence-electron chi connectivity index (χ2n) is 5.65. The number of para-hydroxylation sites is 1. The van der Waals surface area contributed by atoms with Gasteiger partial charge in [-0.1, -0.05) is 18.2 Å². The first-order chi connectivity index (χ1) is 11.2. The average Bonchev–Trinajstić information content (AvgIpc) is 3.23. The molecule has 1 amide bonds. The molecule has 3 rings (SSSR count). The summed E-state index contributed by atoms with van der Waals surface area (Å²) in [5, 5.41) is 3.80. The molecule has 6 heteroatoms. The van der Waals surface area contributed by atoms with Crippen LogP contribution in [0.15, 0.2) is 30.5 Å². The number of aromatic nitrogens is 1. The second-order valence-corrected chi connectivity index (χ2v) is 5.65. The molecule has 1 saturated heterocycles. The van der Waals surface area contributed by atoms with E-state index in [2.05, 4.69) is 10.3 Å². The molecule has 0 aliphatic carbocycles. The summed E-state index contributed by atoms with van der Waals surface area (Å²) in [6.07, 6.45) is 3.31. The predicted molar refractivity (Wildman–Crippen MR) is 84.9 cm³/mol. The number of esters is 1. The summed E-state index contributed by atoms with van der Waals surface area (Å²) in [5.41, 5.74) is 1.96. The molecular formula is C17H20N2O4. The standard InChI is InChI=1S/C17H20N2O4/c1-22-17(21)14(19-16(20)15-7-4-8-23-15)9-11-10-18-13-6-3-2-5-12(11)13/h2-3,5-6,10,14-15,18H,4,7-9H2,1H3,(H,19,20)/t14-,15?/m1/s1. The van der Waals surface area contributed by atoms with Crippen molar-refractivity contribution < 1.29 is 19.1 Å². The molecule has 1 aromatic carbocycles. The molecule has 23 heavy (non-hydrogen) atoms. The lowest BCUT2D eigenvalue weighted by molar-refractivity contribution is -0.146. The van der Waals surface area contributed by atoms with Crippen molar-refractivity contribution >= 4 is 22.8 Å². The van der Waals surface area contributed by atoms with Gasteiger partial charge < -0.3 is 19.8 Å². The summed E-state index contributed by atoms with van der Waals surface area (Å²) >= 11 is 0. The van der Waals surface area contributed by atoms with Gasteiger partial charge in [0.25, 0.3) is 0 Å². The van der Waals surface area contributed by atoms with Crippen molar-refractivity contribution in [3.05, 3.63) is 36.0 Å². The third-order valence-electron chi connectivity index (χ3n) is 4.12. The minimum Gasteiger partial charge on any atom is -0.467 e. The fourth-order valence-electron chi connectivity index (χ4n) is 2.91. The van der Waals surface area contributed by atoms with Gasteiger partial charge in [-0.2, -0.15) is 0 Å². The van der Waals surface area contributed by atoms with Gasteiger partial charge in [0.2, 0.25) is 5.91 Å². The summed E-state index contributed by atoms with van der Waals surface area (Å²) in [6, 6.07) is 7.11. The lowest BCUT2D eigenvalue weighted by Crippen LogP contribution is -2.47. The quantitative estimate of drug-likeness (QED) is 0.820. The Hall–Kier alpha value is -2.34. The molecule has 2 heterocycles. The fourth-order valence-corrected chi connectivity index (χ4v) is 2.91. The van der Waals surface area contributed by atoms with Crippen LogP contribution >= 0.6 is 0 Å². The normalized spacial score (nSPS) is 18.7. The van der Waals surface area contributed by atoms with Crippen molar-refractivity contribution in [2.45, 2.75) is 31.4 Å². The summed E-state index contributed by atoms with van der Waals surface area (Å²) in [5.74, 6) is -0.709. The van der Waals surface area contributed by atoms with E-state index in [1.807, 2.05) is 30.5 Å². The number of H-pyrrole nitrogens is 1. The predicted octanol–water partition coefficient (Wildman–Crippen LogP) is 1.55. The van der Waals surface area contributed by atoms with Crippen LogP contribution in [0, 0.1) is 0 Å². The highest BCUT2D eigenvalue weighted by Crippen LogP contribution is 2.20. The Bertz CT molecular complexity index is 703. The molecular weight excluding hydrogens is 296 g/mol. The van der Waals surface area contributed by atoms with Crippen LogP contribution in [0.25, 0.3) is 10.9 Å². The lowest BCUT2D eigenvalue weighted by atomic mass is 10.0. The van der Waals surface area contributed by atoms with E-state index < -0.39 is 18.1 Å². The van der Waals surface area contributed by atoms with Crippen LogP contribution in [0.5, 0.6) is 0 Å². The van der Waals surface area contributed by atoms with Crippen molar-refractivity contribution in [1.29, 1.82) is 0 Å². The Balaban J connectivity index is 1.76. The van der Waals surface area contributed by atoms with E-state index in [0.29, 0.717) is 19.4 Å². The van der Waals surface area contributed by atoms with Gasteiger partial charge in [0.15, 0.2) is 0 Å². The molecule has 0 bridgehead atoms. The van der Waals surface area contributed by atoms with Crippen LogP contribution < -0.4 is 5.32 Å². The van der Waals surface area contributed by atoms with E-state index in [0.717, 1.165) is 22.9 Å². The number of methoxy groups -OCH3 is 1. The van der Waals surface area contributed by atoms with Gasteiger partial charge >= 0.3 is 5.97 Å². The summed E-state index contributed by atoms with van der Waals surface area (Å²) in [7, 11) is 1.32. The van der Waals surface area contributed by atoms with Crippen molar-refractivity contribution in [2.75, 3.05) is 13.7 Å². The maximum Gasteiger partial charge on any atom is 0.328 e. The number of fused-ring (bicyclic) bond motifs is 1. The van der Waals surface area contributed by atoms with Crippen LogP contribution in [-0.2, 0) is 25.5 Å². The Morgan fingerprint density at radius 3 is 3.00 bits per heavy atom. The largest absolute Gasteiger partial charge is 0.467 e. The number of rotatable bonds is 5. The molecule has 1 aromatic heterocycles. The number of aromatic amines is 1. The first-order valence-corrected chi connectivity index (χ1v) is 7.74. The SMILES string of the molecule is COC(=O)[C@@H](Cc1c[nH]c2ccccc12)NC(=O)C1CCCO1. The highest BCUT2D eigenvalue weighted by atomic mass is 16.5. The maximum absolute atomic E-state index is 12.2. The molecule has 2 aromatic rings. The number of carbonyl (C=O) groups is 2. The fraction of sp³-hybridized carbons (Fsp3) is 0.412. The zero-order valence-corrected chi connectivity index (χ0v) is 13.0. The van der Waals surface area contributed by atoms with Crippen molar-refractivity contribution in [3.63, 3.8) is 0 Å². The molecule has 0 saturated carbocycles. The van der Waals surface area contributed by atoms with Gasteiger partial charge in [0, 0.05) is 30.1 Å². The molecule has 1 fully saturated rings. The number of benzene rings is 1. The first kappa shape index (κ1) is 15.6. The van der Waals surface area contributed by atoms with E-state index in [1.165, 1.54) is 7.11 Å². The topological polar surface area (TPSA) is 80.4 Å². The number of ether oxygens (including phenoxy) is 2.